The lowest BCUT2D eigenvalue weighted by Crippen LogP contribution is -2.51. The van der Waals surface area contributed by atoms with Crippen LogP contribution in [0.15, 0.2) is 40.9 Å². The number of hydrogen-bond donors (Lipinski definition) is 2. The summed E-state index contributed by atoms with van der Waals surface area (Å²) < 4.78 is 5.32. The molecule has 2 heterocycles. The van der Waals surface area contributed by atoms with Gasteiger partial charge in [0.05, 0.1) is 5.69 Å². The largest absolute Gasteiger partial charge is 0.480 e. The van der Waals surface area contributed by atoms with Crippen LogP contribution in [0.5, 0.6) is 0 Å². The van der Waals surface area contributed by atoms with Crippen LogP contribution in [-0.2, 0) is 11.3 Å². The Balaban J connectivity index is 1.69. The van der Waals surface area contributed by atoms with Crippen molar-refractivity contribution in [3.05, 3.63) is 42.1 Å². The predicted molar refractivity (Wildman–Crippen MR) is 81.1 cm³/mol. The molecule has 0 bridgehead atoms. The molecule has 1 atom stereocenters. The average Bonchev–Trinajstić information content (AvgIpc) is 3.16. The third kappa shape index (κ3) is 2.96. The van der Waals surface area contributed by atoms with Gasteiger partial charge in [0.1, 0.15) is 5.54 Å². The zero-order valence-electron chi connectivity index (χ0n) is 11.4. The van der Waals surface area contributed by atoms with E-state index in [9.17, 15) is 9.90 Å². The summed E-state index contributed by atoms with van der Waals surface area (Å²) in [5, 5.41) is 16.5. The molecule has 2 N–H and O–H groups in total. The van der Waals surface area contributed by atoms with E-state index in [0.717, 1.165) is 11.3 Å². The van der Waals surface area contributed by atoms with Gasteiger partial charge in [-0.2, -0.15) is 11.8 Å². The minimum atomic E-state index is -0.837. The fraction of sp³-hybridized carbons (Fsp3) is 0.333. The maximum absolute atomic E-state index is 11.5. The monoisotopic (exact) mass is 304 g/mol. The van der Waals surface area contributed by atoms with Crippen molar-refractivity contribution in [2.45, 2.75) is 18.5 Å². The maximum atomic E-state index is 11.5. The van der Waals surface area contributed by atoms with Gasteiger partial charge in [0.15, 0.2) is 5.76 Å². The summed E-state index contributed by atoms with van der Waals surface area (Å²) >= 11 is 1.66. The first kappa shape index (κ1) is 14.2. The van der Waals surface area contributed by atoms with E-state index in [1.807, 2.05) is 36.4 Å². The van der Waals surface area contributed by atoms with Crippen LogP contribution in [0.1, 0.15) is 12.1 Å². The van der Waals surface area contributed by atoms with E-state index < -0.39 is 11.5 Å². The van der Waals surface area contributed by atoms with Gasteiger partial charge in [-0.1, -0.05) is 35.5 Å². The normalized spacial score (nSPS) is 21.5. The van der Waals surface area contributed by atoms with Gasteiger partial charge < -0.3 is 9.63 Å². The molecule has 1 unspecified atom stereocenters. The van der Waals surface area contributed by atoms with Crippen molar-refractivity contribution in [2.75, 3.05) is 11.5 Å². The van der Waals surface area contributed by atoms with Crippen molar-refractivity contribution < 1.29 is 14.4 Å². The van der Waals surface area contributed by atoms with Crippen LogP contribution < -0.4 is 5.32 Å². The Labute approximate surface area is 126 Å². The van der Waals surface area contributed by atoms with Gasteiger partial charge >= 0.3 is 5.97 Å². The number of carboxylic acid groups (broad SMARTS) is 1. The van der Waals surface area contributed by atoms with Crippen LogP contribution in [0.25, 0.3) is 11.3 Å². The summed E-state index contributed by atoms with van der Waals surface area (Å²) in [7, 11) is 0. The molecule has 0 radical (unpaired) electrons. The number of carboxylic acids is 1. The highest BCUT2D eigenvalue weighted by Gasteiger charge is 2.41. The molecule has 1 aromatic heterocycles. The molecule has 1 aromatic carbocycles. The fourth-order valence-electron chi connectivity index (χ4n) is 2.34. The lowest BCUT2D eigenvalue weighted by molar-refractivity contribution is -0.143. The molecule has 1 fully saturated rings. The van der Waals surface area contributed by atoms with Gasteiger partial charge in [0, 0.05) is 23.9 Å². The zero-order chi connectivity index (χ0) is 14.7. The smallest absolute Gasteiger partial charge is 0.324 e. The summed E-state index contributed by atoms with van der Waals surface area (Å²) in [6, 6.07) is 11.6. The van der Waals surface area contributed by atoms with Crippen molar-refractivity contribution in [3.63, 3.8) is 0 Å². The molecule has 0 aliphatic carbocycles. The van der Waals surface area contributed by atoms with E-state index in [1.165, 1.54) is 0 Å². The Kier molecular flexibility index (Phi) is 3.98. The number of nitrogens with one attached hydrogen (secondary N) is 1. The Morgan fingerprint density at radius 1 is 1.43 bits per heavy atom. The molecule has 0 saturated carbocycles. The first-order chi connectivity index (χ1) is 10.2. The highest BCUT2D eigenvalue weighted by atomic mass is 32.2. The molecule has 1 aliphatic rings. The molecule has 1 aliphatic heterocycles. The van der Waals surface area contributed by atoms with E-state index in [2.05, 4.69) is 10.5 Å². The molecule has 6 heteroatoms. The third-order valence-corrected chi connectivity index (χ3v) is 4.85. The molecular weight excluding hydrogens is 288 g/mol. The number of thioether (sulfide) groups is 1. The quantitative estimate of drug-likeness (QED) is 0.883. The third-order valence-electron chi connectivity index (χ3n) is 3.66. The lowest BCUT2D eigenvalue weighted by atomic mass is 9.99. The van der Waals surface area contributed by atoms with Gasteiger partial charge in [0.2, 0.25) is 0 Å². The van der Waals surface area contributed by atoms with E-state index >= 15 is 0 Å². The second kappa shape index (κ2) is 5.91. The van der Waals surface area contributed by atoms with Crippen molar-refractivity contribution in [3.8, 4) is 11.3 Å². The molecule has 3 rings (SSSR count). The number of nitrogens with zero attached hydrogens (tertiary/aromatic N) is 1. The number of rotatable bonds is 5. The number of aliphatic carboxylic acids is 1. The summed E-state index contributed by atoms with van der Waals surface area (Å²) in [5.41, 5.74) is 0.836. The molecule has 5 nitrogen and oxygen atoms in total. The zero-order valence-corrected chi connectivity index (χ0v) is 12.2. The number of hydrogen-bond acceptors (Lipinski definition) is 5. The summed E-state index contributed by atoms with van der Waals surface area (Å²) in [6.07, 6.45) is 0.635. The minimum Gasteiger partial charge on any atom is -0.480 e. The first-order valence-corrected chi connectivity index (χ1v) is 7.92. The average molecular weight is 304 g/mol. The van der Waals surface area contributed by atoms with Crippen LogP contribution >= 0.6 is 11.8 Å². The van der Waals surface area contributed by atoms with E-state index in [1.54, 1.807) is 11.8 Å². The second-order valence-corrected chi connectivity index (χ2v) is 6.20. The summed E-state index contributed by atoms with van der Waals surface area (Å²) in [5.74, 6) is 1.36. The first-order valence-electron chi connectivity index (χ1n) is 6.77. The van der Waals surface area contributed by atoms with Gasteiger partial charge in [-0.3, -0.25) is 10.1 Å². The lowest BCUT2D eigenvalue weighted by Gasteiger charge is -2.23. The molecule has 0 amide bonds. The molecule has 1 saturated heterocycles. The summed E-state index contributed by atoms with van der Waals surface area (Å²) in [6.45, 7) is 0.392. The van der Waals surface area contributed by atoms with Gasteiger partial charge in [0.25, 0.3) is 0 Å². The van der Waals surface area contributed by atoms with Crippen LogP contribution in [-0.4, -0.2) is 33.3 Å². The number of aromatic nitrogens is 1. The predicted octanol–water partition coefficient (Wildman–Crippen LogP) is 2.39. The molecule has 0 spiro atoms. The Bertz CT molecular complexity index is 621. The van der Waals surface area contributed by atoms with E-state index in [-0.39, 0.29) is 0 Å². The van der Waals surface area contributed by atoms with Crippen LogP contribution in [0.2, 0.25) is 0 Å². The highest BCUT2D eigenvalue weighted by molar-refractivity contribution is 7.99. The standard InChI is InChI=1S/C15H16N2O3S/c18-14(19)15(6-7-21-10-15)16-9-12-8-13(20-17-12)11-4-2-1-3-5-11/h1-5,8,16H,6-7,9-10H2,(H,18,19). The Morgan fingerprint density at radius 3 is 2.90 bits per heavy atom. The molecule has 21 heavy (non-hydrogen) atoms. The van der Waals surface area contributed by atoms with E-state index in [4.69, 9.17) is 4.52 Å². The van der Waals surface area contributed by atoms with Gasteiger partial charge in [-0.05, 0) is 12.2 Å². The summed E-state index contributed by atoms with van der Waals surface area (Å²) in [4.78, 5) is 11.5. The topological polar surface area (TPSA) is 75.4 Å². The Hall–Kier alpha value is -1.79. The van der Waals surface area contributed by atoms with Crippen LogP contribution in [0.3, 0.4) is 0 Å². The minimum absolute atomic E-state index is 0.392. The van der Waals surface area contributed by atoms with Crippen molar-refractivity contribution in [1.29, 1.82) is 0 Å². The van der Waals surface area contributed by atoms with Gasteiger partial charge in [-0.25, -0.2) is 0 Å². The highest BCUT2D eigenvalue weighted by Crippen LogP contribution is 2.29. The Morgan fingerprint density at radius 2 is 2.24 bits per heavy atom. The van der Waals surface area contributed by atoms with Crippen molar-refractivity contribution in [1.82, 2.24) is 10.5 Å². The van der Waals surface area contributed by atoms with Crippen molar-refractivity contribution >= 4 is 17.7 Å². The van der Waals surface area contributed by atoms with Crippen LogP contribution in [0.4, 0.5) is 0 Å². The molecule has 2 aromatic rings. The van der Waals surface area contributed by atoms with Gasteiger partial charge in [-0.15, -0.1) is 0 Å². The number of benzene rings is 1. The van der Waals surface area contributed by atoms with Crippen molar-refractivity contribution in [2.24, 2.45) is 0 Å². The second-order valence-electron chi connectivity index (χ2n) is 5.09. The molecular formula is C15H16N2O3S. The van der Waals surface area contributed by atoms with E-state index in [0.29, 0.717) is 30.2 Å². The maximum Gasteiger partial charge on any atom is 0.324 e. The SMILES string of the molecule is O=C(O)C1(NCc2cc(-c3ccccc3)on2)CCSC1. The van der Waals surface area contributed by atoms with Crippen LogP contribution in [0, 0.1) is 0 Å². The number of carbonyl (C=O) groups is 1. The fourth-order valence-corrected chi connectivity index (χ4v) is 3.70. The molecule has 110 valence electrons.